The number of nitrogen functional groups attached to an aromatic ring is 1. The van der Waals surface area contributed by atoms with Crippen LogP contribution in [0.15, 0.2) is 24.3 Å². The third kappa shape index (κ3) is 2.06. The van der Waals surface area contributed by atoms with E-state index in [1.165, 1.54) is 5.57 Å². The van der Waals surface area contributed by atoms with Crippen molar-refractivity contribution in [2.24, 2.45) is 5.90 Å². The maximum Gasteiger partial charge on any atom is 0.356 e. The Balaban J connectivity index is 2.39. The summed E-state index contributed by atoms with van der Waals surface area (Å²) in [5.74, 6) is 4.29. The molecule has 4 nitrogen and oxygen atoms in total. The Bertz CT molecular complexity index is 452. The van der Waals surface area contributed by atoms with Crippen LogP contribution in [0.25, 0.3) is 5.57 Å². The number of allylic oxidation sites excluding steroid dienone is 2. The Morgan fingerprint density at radius 3 is 2.75 bits per heavy atom. The fourth-order valence-electron chi connectivity index (χ4n) is 1.96. The van der Waals surface area contributed by atoms with Crippen LogP contribution in [0.1, 0.15) is 35.2 Å². The van der Waals surface area contributed by atoms with Gasteiger partial charge in [0.2, 0.25) is 0 Å². The molecule has 84 valence electrons. The molecule has 1 aromatic carbocycles. The fraction of sp³-hybridized carbons (Fsp3) is 0.250. The van der Waals surface area contributed by atoms with Gasteiger partial charge in [-0.15, -0.1) is 0 Å². The minimum Gasteiger partial charge on any atom is -0.399 e. The SMILES string of the molecule is NOC(=O)c1cc(N)cc(C2=CCCC2)c1. The molecule has 1 aliphatic carbocycles. The van der Waals surface area contributed by atoms with Gasteiger partial charge < -0.3 is 10.6 Å². The van der Waals surface area contributed by atoms with Gasteiger partial charge in [0.05, 0.1) is 5.56 Å². The van der Waals surface area contributed by atoms with Crippen molar-refractivity contribution in [2.45, 2.75) is 19.3 Å². The second kappa shape index (κ2) is 4.37. The summed E-state index contributed by atoms with van der Waals surface area (Å²) >= 11 is 0. The summed E-state index contributed by atoms with van der Waals surface area (Å²) in [6, 6.07) is 5.20. The molecule has 0 amide bonds. The lowest BCUT2D eigenvalue weighted by Gasteiger charge is -2.06. The highest BCUT2D eigenvalue weighted by molar-refractivity contribution is 5.91. The van der Waals surface area contributed by atoms with E-state index < -0.39 is 5.97 Å². The lowest BCUT2D eigenvalue weighted by Crippen LogP contribution is -2.10. The smallest absolute Gasteiger partial charge is 0.356 e. The summed E-state index contributed by atoms with van der Waals surface area (Å²) in [7, 11) is 0. The Morgan fingerprint density at radius 2 is 2.12 bits per heavy atom. The summed E-state index contributed by atoms with van der Waals surface area (Å²) in [5, 5.41) is 0. The van der Waals surface area contributed by atoms with E-state index in [1.807, 2.05) is 6.07 Å². The third-order valence-electron chi connectivity index (χ3n) is 2.71. The van der Waals surface area contributed by atoms with Gasteiger partial charge in [0.1, 0.15) is 0 Å². The zero-order valence-corrected chi connectivity index (χ0v) is 8.90. The maximum absolute atomic E-state index is 11.3. The summed E-state index contributed by atoms with van der Waals surface area (Å²) in [6.45, 7) is 0. The molecule has 0 saturated heterocycles. The Labute approximate surface area is 93.8 Å². The molecule has 1 aromatic rings. The lowest BCUT2D eigenvalue weighted by molar-refractivity contribution is 0.0503. The molecule has 0 aliphatic heterocycles. The monoisotopic (exact) mass is 218 g/mol. The lowest BCUT2D eigenvalue weighted by atomic mass is 10.0. The van der Waals surface area contributed by atoms with E-state index in [0.717, 1.165) is 24.8 Å². The molecule has 0 bridgehead atoms. The number of carbonyl (C=O) groups is 1. The van der Waals surface area contributed by atoms with E-state index in [1.54, 1.807) is 12.1 Å². The highest BCUT2D eigenvalue weighted by atomic mass is 16.7. The van der Waals surface area contributed by atoms with Gasteiger partial charge in [0, 0.05) is 5.69 Å². The topological polar surface area (TPSA) is 78.3 Å². The van der Waals surface area contributed by atoms with E-state index in [4.69, 9.17) is 11.6 Å². The van der Waals surface area contributed by atoms with Crippen molar-refractivity contribution in [3.8, 4) is 0 Å². The largest absolute Gasteiger partial charge is 0.399 e. The van der Waals surface area contributed by atoms with Gasteiger partial charge in [-0.05, 0) is 48.6 Å². The molecule has 0 radical (unpaired) electrons. The second-order valence-electron chi connectivity index (χ2n) is 3.87. The minimum atomic E-state index is -0.563. The molecular weight excluding hydrogens is 204 g/mol. The first-order valence-electron chi connectivity index (χ1n) is 5.22. The van der Waals surface area contributed by atoms with Crippen LogP contribution in [-0.2, 0) is 4.84 Å². The van der Waals surface area contributed by atoms with Crippen LogP contribution in [0.2, 0.25) is 0 Å². The normalized spacial score (nSPS) is 14.7. The highest BCUT2D eigenvalue weighted by Crippen LogP contribution is 2.29. The second-order valence-corrected chi connectivity index (χ2v) is 3.87. The summed E-state index contributed by atoms with van der Waals surface area (Å²) < 4.78 is 0. The number of rotatable bonds is 2. The van der Waals surface area contributed by atoms with Gasteiger partial charge in [-0.2, -0.15) is 5.90 Å². The number of anilines is 1. The van der Waals surface area contributed by atoms with Crippen LogP contribution in [0.3, 0.4) is 0 Å². The van der Waals surface area contributed by atoms with Crippen LogP contribution in [-0.4, -0.2) is 5.97 Å². The molecule has 0 heterocycles. The van der Waals surface area contributed by atoms with E-state index in [2.05, 4.69) is 10.9 Å². The van der Waals surface area contributed by atoms with Gasteiger partial charge in [0.25, 0.3) is 0 Å². The molecule has 0 spiro atoms. The first kappa shape index (κ1) is 10.7. The van der Waals surface area contributed by atoms with Crippen molar-refractivity contribution >= 4 is 17.2 Å². The average molecular weight is 218 g/mol. The highest BCUT2D eigenvalue weighted by Gasteiger charge is 2.12. The molecular formula is C12H14N2O2. The van der Waals surface area contributed by atoms with E-state index in [-0.39, 0.29) is 0 Å². The minimum absolute atomic E-state index is 0.394. The Hall–Kier alpha value is -1.81. The van der Waals surface area contributed by atoms with Crippen LogP contribution in [0, 0.1) is 0 Å². The predicted octanol–water partition coefficient (Wildman–Crippen LogP) is 1.87. The van der Waals surface area contributed by atoms with Gasteiger partial charge in [-0.25, -0.2) is 4.79 Å². The third-order valence-corrected chi connectivity index (χ3v) is 2.71. The van der Waals surface area contributed by atoms with Crippen molar-refractivity contribution in [1.29, 1.82) is 0 Å². The van der Waals surface area contributed by atoms with Crippen molar-refractivity contribution in [3.63, 3.8) is 0 Å². The Morgan fingerprint density at radius 1 is 1.31 bits per heavy atom. The van der Waals surface area contributed by atoms with Crippen molar-refractivity contribution in [3.05, 3.63) is 35.4 Å². The first-order chi connectivity index (χ1) is 7.70. The molecule has 16 heavy (non-hydrogen) atoms. The van der Waals surface area contributed by atoms with Gasteiger partial charge in [0.15, 0.2) is 0 Å². The zero-order valence-electron chi connectivity index (χ0n) is 8.90. The molecule has 0 atom stereocenters. The number of hydrogen-bond acceptors (Lipinski definition) is 4. The number of hydrogen-bond donors (Lipinski definition) is 2. The average Bonchev–Trinajstić information content (AvgIpc) is 2.80. The van der Waals surface area contributed by atoms with Crippen LogP contribution < -0.4 is 11.6 Å². The molecule has 1 aliphatic rings. The van der Waals surface area contributed by atoms with Crippen molar-refractivity contribution in [1.82, 2.24) is 0 Å². The van der Waals surface area contributed by atoms with Crippen molar-refractivity contribution < 1.29 is 9.63 Å². The molecule has 0 aromatic heterocycles. The van der Waals surface area contributed by atoms with Crippen LogP contribution in [0.5, 0.6) is 0 Å². The van der Waals surface area contributed by atoms with Crippen molar-refractivity contribution in [2.75, 3.05) is 5.73 Å². The fourth-order valence-corrected chi connectivity index (χ4v) is 1.96. The maximum atomic E-state index is 11.3. The molecule has 4 N–H and O–H groups in total. The van der Waals surface area contributed by atoms with E-state index in [9.17, 15) is 4.79 Å². The van der Waals surface area contributed by atoms with Crippen LogP contribution >= 0.6 is 0 Å². The first-order valence-corrected chi connectivity index (χ1v) is 5.22. The summed E-state index contributed by atoms with van der Waals surface area (Å²) in [4.78, 5) is 15.5. The molecule has 0 saturated carbocycles. The quantitative estimate of drug-likeness (QED) is 0.586. The van der Waals surface area contributed by atoms with Gasteiger partial charge in [-0.1, -0.05) is 6.08 Å². The molecule has 4 heteroatoms. The van der Waals surface area contributed by atoms with Gasteiger partial charge in [-0.3, -0.25) is 0 Å². The zero-order chi connectivity index (χ0) is 11.5. The summed E-state index contributed by atoms with van der Waals surface area (Å²) in [5.41, 5.74) is 8.90. The van der Waals surface area contributed by atoms with Gasteiger partial charge >= 0.3 is 5.97 Å². The predicted molar refractivity (Wildman–Crippen MR) is 62.3 cm³/mol. The van der Waals surface area contributed by atoms with E-state index in [0.29, 0.717) is 11.3 Å². The molecule has 2 rings (SSSR count). The molecule has 0 unspecified atom stereocenters. The standard InChI is InChI=1S/C12H14N2O2/c13-11-6-9(8-3-1-2-4-8)5-10(7-11)12(15)16-14/h3,5-7H,1-2,4,13-14H2. The molecule has 0 fully saturated rings. The summed E-state index contributed by atoms with van der Waals surface area (Å²) in [6.07, 6.45) is 5.44. The number of carbonyl (C=O) groups excluding carboxylic acids is 1. The van der Waals surface area contributed by atoms with E-state index >= 15 is 0 Å². The van der Waals surface area contributed by atoms with Crippen LogP contribution in [0.4, 0.5) is 5.69 Å². The Kier molecular flexibility index (Phi) is 2.92. The number of nitrogens with two attached hydrogens (primary N) is 2. The number of benzene rings is 1.